The van der Waals surface area contributed by atoms with Crippen molar-refractivity contribution in [1.29, 1.82) is 0 Å². The third-order valence-corrected chi connectivity index (χ3v) is 4.70. The van der Waals surface area contributed by atoms with Gasteiger partial charge in [-0.15, -0.1) is 11.3 Å². The summed E-state index contributed by atoms with van der Waals surface area (Å²) in [7, 11) is 0. The van der Waals surface area contributed by atoms with Crippen LogP contribution in [0.5, 0.6) is 0 Å². The van der Waals surface area contributed by atoms with Gasteiger partial charge >= 0.3 is 0 Å². The van der Waals surface area contributed by atoms with Crippen LogP contribution in [0.15, 0.2) is 41.8 Å². The van der Waals surface area contributed by atoms with E-state index in [4.69, 9.17) is 5.73 Å². The molecule has 4 N–H and O–H groups in total. The van der Waals surface area contributed by atoms with Gasteiger partial charge in [0.25, 0.3) is 5.91 Å². The van der Waals surface area contributed by atoms with Crippen molar-refractivity contribution in [2.75, 3.05) is 0 Å². The van der Waals surface area contributed by atoms with Gasteiger partial charge in [0, 0.05) is 5.56 Å². The van der Waals surface area contributed by atoms with Gasteiger partial charge in [0.05, 0.1) is 4.88 Å². The van der Waals surface area contributed by atoms with Crippen molar-refractivity contribution in [2.45, 2.75) is 38.8 Å². The molecule has 0 unspecified atom stereocenters. The first-order chi connectivity index (χ1) is 9.99. The fourth-order valence-corrected chi connectivity index (χ4v) is 3.14. The van der Waals surface area contributed by atoms with E-state index in [0.29, 0.717) is 5.92 Å². The molecule has 0 aliphatic rings. The van der Waals surface area contributed by atoms with Gasteiger partial charge in [-0.2, -0.15) is 0 Å². The van der Waals surface area contributed by atoms with E-state index in [1.807, 2.05) is 18.3 Å². The molecule has 3 nitrogen and oxygen atoms in total. The summed E-state index contributed by atoms with van der Waals surface area (Å²) in [6.07, 6.45) is 0. The van der Waals surface area contributed by atoms with Gasteiger partial charge in [-0.3, -0.25) is 4.79 Å². The Morgan fingerprint density at radius 3 is 2.19 bits per heavy atom. The molecule has 0 fully saturated rings. The number of thiophene rings is 1. The Labute approximate surface area is 130 Å². The SMILES string of the molecule is CC(C)c1ccc([C@@H]([NH2+][C@H](C)C(N)=O)c2cccs2)cc1. The van der Waals surface area contributed by atoms with Crippen LogP contribution in [0.4, 0.5) is 0 Å². The van der Waals surface area contributed by atoms with Crippen LogP contribution >= 0.6 is 11.3 Å². The first kappa shape index (κ1) is 15.7. The first-order valence-corrected chi connectivity index (χ1v) is 8.14. The number of carbonyl (C=O) groups is 1. The van der Waals surface area contributed by atoms with Crippen LogP contribution < -0.4 is 11.1 Å². The molecular formula is C17H23N2OS+. The van der Waals surface area contributed by atoms with Gasteiger partial charge in [-0.25, -0.2) is 0 Å². The minimum atomic E-state index is -0.282. The van der Waals surface area contributed by atoms with Gasteiger partial charge in [-0.1, -0.05) is 44.2 Å². The molecule has 0 saturated heterocycles. The molecule has 112 valence electrons. The van der Waals surface area contributed by atoms with E-state index >= 15 is 0 Å². The Hall–Kier alpha value is -1.65. The summed E-state index contributed by atoms with van der Waals surface area (Å²) in [5.41, 5.74) is 7.94. The predicted octanol–water partition coefficient (Wildman–Crippen LogP) is 2.40. The van der Waals surface area contributed by atoms with Gasteiger partial charge in [0.2, 0.25) is 0 Å². The number of hydrogen-bond donors (Lipinski definition) is 2. The quantitative estimate of drug-likeness (QED) is 0.846. The van der Waals surface area contributed by atoms with Gasteiger partial charge in [0.15, 0.2) is 6.04 Å². The first-order valence-electron chi connectivity index (χ1n) is 7.26. The minimum absolute atomic E-state index is 0.119. The van der Waals surface area contributed by atoms with Crippen molar-refractivity contribution in [2.24, 2.45) is 5.73 Å². The number of nitrogens with two attached hydrogens (primary N) is 2. The number of rotatable bonds is 6. The van der Waals surface area contributed by atoms with Crippen LogP contribution in [-0.4, -0.2) is 11.9 Å². The Bertz CT molecular complexity index is 575. The molecule has 2 aromatic rings. The smallest absolute Gasteiger partial charge is 0.275 e. The second-order valence-corrected chi connectivity index (χ2v) is 6.68. The Kier molecular flexibility index (Phi) is 5.15. The predicted molar refractivity (Wildman–Crippen MR) is 87.3 cm³/mol. The van der Waals surface area contributed by atoms with Gasteiger partial charge in [0.1, 0.15) is 6.04 Å². The lowest BCUT2D eigenvalue weighted by molar-refractivity contribution is -0.704. The van der Waals surface area contributed by atoms with Crippen LogP contribution in [0.25, 0.3) is 0 Å². The largest absolute Gasteiger partial charge is 0.365 e. The average Bonchev–Trinajstić information content (AvgIpc) is 2.98. The Balaban J connectivity index is 2.29. The monoisotopic (exact) mass is 303 g/mol. The molecule has 2 atom stereocenters. The standard InChI is InChI=1S/C17H22N2OS/c1-11(2)13-6-8-14(9-7-13)16(15-5-4-10-21-15)19-12(3)17(18)20/h4-12,16,19H,1-3H3,(H2,18,20)/p+1/t12-,16-/m1/s1. The number of hydrogen-bond acceptors (Lipinski definition) is 2. The third-order valence-electron chi connectivity index (χ3n) is 3.74. The summed E-state index contributed by atoms with van der Waals surface area (Å²) < 4.78 is 0. The lowest BCUT2D eigenvalue weighted by Gasteiger charge is -2.18. The molecule has 1 heterocycles. The van der Waals surface area contributed by atoms with E-state index in [1.165, 1.54) is 16.0 Å². The van der Waals surface area contributed by atoms with Crippen LogP contribution in [-0.2, 0) is 4.79 Å². The Morgan fingerprint density at radius 1 is 1.10 bits per heavy atom. The Morgan fingerprint density at radius 2 is 1.71 bits per heavy atom. The van der Waals surface area contributed by atoms with Crippen LogP contribution in [0.3, 0.4) is 0 Å². The second-order valence-electron chi connectivity index (χ2n) is 5.70. The second kappa shape index (κ2) is 6.87. The molecule has 0 aliphatic carbocycles. The lowest BCUT2D eigenvalue weighted by Crippen LogP contribution is -2.92. The molecule has 1 aromatic heterocycles. The lowest BCUT2D eigenvalue weighted by atomic mass is 9.98. The summed E-state index contributed by atoms with van der Waals surface area (Å²) in [5, 5.41) is 4.10. The molecule has 0 aliphatic heterocycles. The van der Waals surface area contributed by atoms with Crippen LogP contribution in [0.1, 0.15) is 48.7 Å². The maximum atomic E-state index is 11.4. The summed E-state index contributed by atoms with van der Waals surface area (Å²) in [5.74, 6) is 0.239. The summed E-state index contributed by atoms with van der Waals surface area (Å²) >= 11 is 1.71. The molecule has 0 saturated carbocycles. The van der Waals surface area contributed by atoms with Crippen molar-refractivity contribution in [3.8, 4) is 0 Å². The van der Waals surface area contributed by atoms with Crippen molar-refractivity contribution in [3.63, 3.8) is 0 Å². The number of primary amides is 1. The normalized spacial score (nSPS) is 14.1. The van der Waals surface area contributed by atoms with E-state index in [9.17, 15) is 4.79 Å². The molecule has 2 rings (SSSR count). The highest BCUT2D eigenvalue weighted by atomic mass is 32.1. The molecule has 1 aromatic carbocycles. The van der Waals surface area contributed by atoms with Crippen molar-refractivity contribution < 1.29 is 10.1 Å². The zero-order valence-electron chi connectivity index (χ0n) is 12.7. The summed E-state index contributed by atoms with van der Waals surface area (Å²) in [6, 6.07) is 12.7. The zero-order valence-corrected chi connectivity index (χ0v) is 13.6. The number of quaternary nitrogens is 1. The minimum Gasteiger partial charge on any atom is -0.365 e. The van der Waals surface area contributed by atoms with E-state index in [2.05, 4.69) is 49.6 Å². The molecular weight excluding hydrogens is 280 g/mol. The molecule has 0 radical (unpaired) electrons. The van der Waals surface area contributed by atoms with E-state index < -0.39 is 0 Å². The highest BCUT2D eigenvalue weighted by Crippen LogP contribution is 2.24. The van der Waals surface area contributed by atoms with E-state index in [0.717, 1.165) is 0 Å². The molecule has 0 bridgehead atoms. The highest BCUT2D eigenvalue weighted by Gasteiger charge is 2.24. The fourth-order valence-electron chi connectivity index (χ4n) is 2.31. The number of benzene rings is 1. The highest BCUT2D eigenvalue weighted by molar-refractivity contribution is 7.10. The van der Waals surface area contributed by atoms with Crippen molar-refractivity contribution >= 4 is 17.2 Å². The van der Waals surface area contributed by atoms with Crippen molar-refractivity contribution in [1.82, 2.24) is 0 Å². The fraction of sp³-hybridized carbons (Fsp3) is 0.353. The van der Waals surface area contributed by atoms with Gasteiger partial charge < -0.3 is 11.1 Å². The van der Waals surface area contributed by atoms with E-state index in [1.54, 1.807) is 11.3 Å². The van der Waals surface area contributed by atoms with Crippen molar-refractivity contribution in [3.05, 3.63) is 57.8 Å². The summed E-state index contributed by atoms with van der Waals surface area (Å²) in [4.78, 5) is 12.6. The maximum absolute atomic E-state index is 11.4. The zero-order chi connectivity index (χ0) is 15.4. The van der Waals surface area contributed by atoms with Gasteiger partial charge in [-0.05, 0) is 29.9 Å². The number of amides is 1. The van der Waals surface area contributed by atoms with Crippen LogP contribution in [0.2, 0.25) is 0 Å². The molecule has 1 amide bonds. The third kappa shape index (κ3) is 3.93. The maximum Gasteiger partial charge on any atom is 0.275 e. The molecule has 4 heteroatoms. The van der Waals surface area contributed by atoms with E-state index in [-0.39, 0.29) is 18.0 Å². The average molecular weight is 303 g/mol. The summed E-state index contributed by atoms with van der Waals surface area (Å²) in [6.45, 7) is 6.23. The molecule has 21 heavy (non-hydrogen) atoms. The number of carbonyl (C=O) groups excluding carboxylic acids is 1. The topological polar surface area (TPSA) is 59.7 Å². The van der Waals surface area contributed by atoms with Crippen LogP contribution in [0, 0.1) is 0 Å². The molecule has 0 spiro atoms.